The van der Waals surface area contributed by atoms with Crippen LogP contribution in [-0.2, 0) is 9.59 Å². The Hall–Kier alpha value is -2.44. The van der Waals surface area contributed by atoms with Crippen LogP contribution in [0.15, 0.2) is 42.5 Å². The van der Waals surface area contributed by atoms with Gasteiger partial charge >= 0.3 is 0 Å². The molecule has 0 atom stereocenters. The highest BCUT2D eigenvalue weighted by molar-refractivity contribution is 6.33. The van der Waals surface area contributed by atoms with Crippen LogP contribution < -0.4 is 20.3 Å². The van der Waals surface area contributed by atoms with E-state index in [2.05, 4.69) is 10.6 Å². The van der Waals surface area contributed by atoms with Gasteiger partial charge in [-0.15, -0.1) is 0 Å². The number of hydrogen-bond donors (Lipinski definition) is 2. The molecule has 0 saturated carbocycles. The van der Waals surface area contributed by atoms with Crippen LogP contribution in [0.2, 0.25) is 10.0 Å². The quantitative estimate of drug-likeness (QED) is 0.818. The van der Waals surface area contributed by atoms with E-state index in [0.29, 0.717) is 34.6 Å². The predicted octanol–water partition coefficient (Wildman–Crippen LogP) is 2.95. The van der Waals surface area contributed by atoms with Crippen LogP contribution in [0.3, 0.4) is 0 Å². The van der Waals surface area contributed by atoms with Crippen molar-refractivity contribution >= 4 is 46.4 Å². The number of amides is 2. The summed E-state index contributed by atoms with van der Waals surface area (Å²) < 4.78 is 5.40. The molecule has 1 aliphatic heterocycles. The first-order valence-electron chi connectivity index (χ1n) is 8.01. The molecule has 0 bridgehead atoms. The molecule has 0 unspecified atom stereocenters. The van der Waals surface area contributed by atoms with Crippen molar-refractivity contribution in [1.82, 2.24) is 5.32 Å². The van der Waals surface area contributed by atoms with Gasteiger partial charge in [-0.25, -0.2) is 0 Å². The zero-order valence-corrected chi connectivity index (χ0v) is 15.3. The van der Waals surface area contributed by atoms with E-state index in [4.69, 9.17) is 27.9 Å². The smallest absolute Gasteiger partial charge is 0.262 e. The summed E-state index contributed by atoms with van der Waals surface area (Å²) in [5.74, 6) is 0.214. The normalized spacial score (nSPS) is 13.9. The minimum atomic E-state index is -0.305. The largest absolute Gasteiger partial charge is 0.484 e. The van der Waals surface area contributed by atoms with Crippen molar-refractivity contribution in [1.29, 1.82) is 0 Å². The van der Waals surface area contributed by atoms with E-state index in [9.17, 15) is 9.59 Å². The molecular formula is C18H17Cl2N3O3. The molecule has 136 valence electrons. The van der Waals surface area contributed by atoms with Crippen molar-refractivity contribution in [2.45, 2.75) is 0 Å². The SMILES string of the molecule is O=C1CN(c2ccc(NC(=O)COc3ccc(Cl)cc3)cc2Cl)CCN1. The van der Waals surface area contributed by atoms with Crippen molar-refractivity contribution < 1.29 is 14.3 Å². The van der Waals surface area contributed by atoms with E-state index in [1.807, 2.05) is 4.90 Å². The first-order chi connectivity index (χ1) is 12.5. The van der Waals surface area contributed by atoms with Gasteiger partial charge in [0.1, 0.15) is 5.75 Å². The fourth-order valence-corrected chi connectivity index (χ4v) is 2.99. The summed E-state index contributed by atoms with van der Waals surface area (Å²) in [7, 11) is 0. The fraction of sp³-hybridized carbons (Fsp3) is 0.222. The third-order valence-corrected chi connectivity index (χ3v) is 4.35. The molecule has 0 aromatic heterocycles. The standard InChI is InChI=1S/C18H17Cl2N3O3/c19-12-1-4-14(5-2-12)26-11-18(25)22-13-3-6-16(15(20)9-13)23-8-7-21-17(24)10-23/h1-6,9H,7-8,10-11H2,(H,21,24)(H,22,25). The first kappa shape index (κ1) is 18.4. The van der Waals surface area contributed by atoms with Crippen molar-refractivity contribution in [2.75, 3.05) is 36.5 Å². The molecule has 0 radical (unpaired) electrons. The zero-order valence-electron chi connectivity index (χ0n) is 13.8. The number of carbonyl (C=O) groups is 2. The molecular weight excluding hydrogens is 377 g/mol. The van der Waals surface area contributed by atoms with Crippen LogP contribution in [-0.4, -0.2) is 38.1 Å². The van der Waals surface area contributed by atoms with Gasteiger partial charge in [0, 0.05) is 23.8 Å². The van der Waals surface area contributed by atoms with Gasteiger partial charge in [-0.05, 0) is 42.5 Å². The van der Waals surface area contributed by atoms with Crippen molar-refractivity contribution in [3.05, 3.63) is 52.5 Å². The lowest BCUT2D eigenvalue weighted by Gasteiger charge is -2.29. The summed E-state index contributed by atoms with van der Waals surface area (Å²) >= 11 is 12.1. The third-order valence-electron chi connectivity index (χ3n) is 3.79. The average Bonchev–Trinajstić information content (AvgIpc) is 2.61. The summed E-state index contributed by atoms with van der Waals surface area (Å²) in [6.07, 6.45) is 0. The Labute approximate surface area is 161 Å². The van der Waals surface area contributed by atoms with Gasteiger partial charge in [0.05, 0.1) is 17.3 Å². The summed E-state index contributed by atoms with van der Waals surface area (Å²) in [5.41, 5.74) is 1.32. The Morgan fingerprint density at radius 2 is 1.96 bits per heavy atom. The number of nitrogens with zero attached hydrogens (tertiary/aromatic N) is 1. The monoisotopic (exact) mass is 393 g/mol. The lowest BCUT2D eigenvalue weighted by atomic mass is 10.2. The number of hydrogen-bond acceptors (Lipinski definition) is 4. The number of ether oxygens (including phenoxy) is 1. The number of carbonyl (C=O) groups excluding carboxylic acids is 2. The summed E-state index contributed by atoms with van der Waals surface area (Å²) in [6, 6.07) is 11.9. The van der Waals surface area contributed by atoms with Crippen LogP contribution in [0, 0.1) is 0 Å². The molecule has 0 aliphatic carbocycles. The second-order valence-corrected chi connectivity index (χ2v) is 6.57. The molecule has 1 fully saturated rings. The molecule has 2 aromatic carbocycles. The van der Waals surface area contributed by atoms with Crippen molar-refractivity contribution in [3.8, 4) is 5.75 Å². The van der Waals surface area contributed by atoms with Gasteiger partial charge in [0.2, 0.25) is 5.91 Å². The van der Waals surface area contributed by atoms with Gasteiger partial charge < -0.3 is 20.3 Å². The van der Waals surface area contributed by atoms with Gasteiger partial charge in [-0.2, -0.15) is 0 Å². The number of halogens is 2. The van der Waals surface area contributed by atoms with E-state index < -0.39 is 0 Å². The Balaban J connectivity index is 1.57. The highest BCUT2D eigenvalue weighted by Crippen LogP contribution is 2.29. The summed E-state index contributed by atoms with van der Waals surface area (Å²) in [6.45, 7) is 1.40. The molecule has 1 heterocycles. The zero-order chi connectivity index (χ0) is 18.5. The van der Waals surface area contributed by atoms with Gasteiger partial charge in [0.15, 0.2) is 6.61 Å². The van der Waals surface area contributed by atoms with Gasteiger partial charge in [-0.1, -0.05) is 23.2 Å². The van der Waals surface area contributed by atoms with Crippen molar-refractivity contribution in [2.24, 2.45) is 0 Å². The Morgan fingerprint density at radius 1 is 1.19 bits per heavy atom. The highest BCUT2D eigenvalue weighted by atomic mass is 35.5. The third kappa shape index (κ3) is 4.80. The maximum Gasteiger partial charge on any atom is 0.262 e. The summed E-state index contributed by atoms with van der Waals surface area (Å²) in [4.78, 5) is 25.4. The van der Waals surface area contributed by atoms with Crippen LogP contribution in [0.25, 0.3) is 0 Å². The van der Waals surface area contributed by atoms with Crippen molar-refractivity contribution in [3.63, 3.8) is 0 Å². The number of piperazine rings is 1. The second kappa shape index (κ2) is 8.29. The molecule has 26 heavy (non-hydrogen) atoms. The Morgan fingerprint density at radius 3 is 2.65 bits per heavy atom. The maximum absolute atomic E-state index is 12.0. The minimum Gasteiger partial charge on any atom is -0.484 e. The van der Waals surface area contributed by atoms with E-state index >= 15 is 0 Å². The average molecular weight is 394 g/mol. The lowest BCUT2D eigenvalue weighted by Crippen LogP contribution is -2.47. The van der Waals surface area contributed by atoms with E-state index in [-0.39, 0.29) is 25.0 Å². The highest BCUT2D eigenvalue weighted by Gasteiger charge is 2.18. The summed E-state index contributed by atoms with van der Waals surface area (Å²) in [5, 5.41) is 6.57. The second-order valence-electron chi connectivity index (χ2n) is 5.73. The molecule has 1 aliphatic rings. The Kier molecular flexibility index (Phi) is 5.85. The molecule has 0 spiro atoms. The molecule has 1 saturated heterocycles. The van der Waals surface area contributed by atoms with Crippen LogP contribution in [0.4, 0.5) is 11.4 Å². The fourth-order valence-electron chi connectivity index (χ4n) is 2.56. The van der Waals surface area contributed by atoms with E-state index in [1.165, 1.54) is 0 Å². The number of rotatable bonds is 5. The lowest BCUT2D eigenvalue weighted by molar-refractivity contribution is -0.120. The van der Waals surface area contributed by atoms with E-state index in [1.54, 1.807) is 42.5 Å². The molecule has 2 N–H and O–H groups in total. The molecule has 6 nitrogen and oxygen atoms in total. The van der Waals surface area contributed by atoms with Crippen LogP contribution in [0.5, 0.6) is 5.75 Å². The minimum absolute atomic E-state index is 0.0379. The first-order valence-corrected chi connectivity index (χ1v) is 8.76. The molecule has 3 rings (SSSR count). The van der Waals surface area contributed by atoms with Gasteiger partial charge in [-0.3, -0.25) is 9.59 Å². The number of benzene rings is 2. The number of nitrogens with one attached hydrogen (secondary N) is 2. The van der Waals surface area contributed by atoms with Crippen LogP contribution >= 0.6 is 23.2 Å². The topological polar surface area (TPSA) is 70.7 Å². The van der Waals surface area contributed by atoms with Gasteiger partial charge in [0.25, 0.3) is 5.91 Å². The Bertz CT molecular complexity index is 812. The van der Waals surface area contributed by atoms with Crippen LogP contribution in [0.1, 0.15) is 0 Å². The van der Waals surface area contributed by atoms with E-state index in [0.717, 1.165) is 5.69 Å². The molecule has 8 heteroatoms. The predicted molar refractivity (Wildman–Crippen MR) is 102 cm³/mol. The molecule has 2 amide bonds. The maximum atomic E-state index is 12.0. The molecule has 2 aromatic rings. The number of anilines is 2.